The zero-order chi connectivity index (χ0) is 19.9. The Morgan fingerprint density at radius 2 is 1.75 bits per heavy atom. The second-order valence-electron chi connectivity index (χ2n) is 7.14. The van der Waals surface area contributed by atoms with Gasteiger partial charge in [0.1, 0.15) is 6.04 Å². The highest BCUT2D eigenvalue weighted by molar-refractivity contribution is 6.30. The van der Waals surface area contributed by atoms with Crippen LogP contribution >= 0.6 is 11.6 Å². The molecule has 1 fully saturated rings. The monoisotopic (exact) mass is 396 g/mol. The van der Waals surface area contributed by atoms with Gasteiger partial charge in [-0.1, -0.05) is 35.9 Å². The third-order valence-corrected chi connectivity index (χ3v) is 5.39. The maximum atomic E-state index is 13.1. The Morgan fingerprint density at radius 3 is 2.36 bits per heavy atom. The fraction of sp³-hybridized carbons (Fsp3) is 0.364. The van der Waals surface area contributed by atoms with E-state index in [0.29, 0.717) is 17.1 Å². The lowest BCUT2D eigenvalue weighted by atomic mass is 10.0. The van der Waals surface area contributed by atoms with Crippen LogP contribution in [0, 0.1) is 11.3 Å². The first kappa shape index (κ1) is 20.3. The van der Waals surface area contributed by atoms with E-state index in [-0.39, 0.29) is 11.9 Å². The van der Waals surface area contributed by atoms with Crippen LogP contribution in [0.5, 0.6) is 0 Å². The SMILES string of the molecule is CN1CCN(C(C(=O)NCCc2ccc(Cl)cc2)c2ccc(C#N)cc2)CC1. The number of piperazine rings is 1. The second kappa shape index (κ2) is 9.70. The molecule has 0 spiro atoms. The van der Waals surface area contributed by atoms with E-state index in [9.17, 15) is 4.79 Å². The predicted octanol–water partition coefficient (Wildman–Crippen LogP) is 2.86. The van der Waals surface area contributed by atoms with Crippen molar-refractivity contribution in [3.05, 3.63) is 70.2 Å². The fourth-order valence-corrected chi connectivity index (χ4v) is 3.55. The van der Waals surface area contributed by atoms with Gasteiger partial charge in [0.05, 0.1) is 11.6 Å². The van der Waals surface area contributed by atoms with Crippen molar-refractivity contribution in [2.75, 3.05) is 39.8 Å². The van der Waals surface area contributed by atoms with Crippen LogP contribution in [0.2, 0.25) is 5.02 Å². The van der Waals surface area contributed by atoms with Crippen LogP contribution in [-0.4, -0.2) is 55.5 Å². The Morgan fingerprint density at radius 1 is 1.11 bits per heavy atom. The lowest BCUT2D eigenvalue weighted by Crippen LogP contribution is -2.50. The van der Waals surface area contributed by atoms with Gasteiger partial charge in [-0.2, -0.15) is 5.26 Å². The molecule has 0 aliphatic carbocycles. The molecule has 0 saturated carbocycles. The molecule has 2 aromatic rings. The number of rotatable bonds is 6. The molecule has 1 aliphatic rings. The van der Waals surface area contributed by atoms with E-state index in [2.05, 4.69) is 28.2 Å². The molecule has 3 rings (SSSR count). The molecule has 1 aliphatic heterocycles. The van der Waals surface area contributed by atoms with Crippen molar-refractivity contribution in [2.45, 2.75) is 12.5 Å². The normalized spacial score (nSPS) is 16.3. The van der Waals surface area contributed by atoms with Gasteiger partial charge in [-0.15, -0.1) is 0 Å². The van der Waals surface area contributed by atoms with Crippen molar-refractivity contribution in [3.63, 3.8) is 0 Å². The summed E-state index contributed by atoms with van der Waals surface area (Å²) in [6.45, 7) is 4.12. The molecule has 1 amide bonds. The number of hydrogen-bond acceptors (Lipinski definition) is 4. The van der Waals surface area contributed by atoms with Crippen molar-refractivity contribution < 1.29 is 4.79 Å². The number of benzene rings is 2. The van der Waals surface area contributed by atoms with Gasteiger partial charge in [0, 0.05) is 37.7 Å². The third kappa shape index (κ3) is 5.32. The molecule has 2 aromatic carbocycles. The van der Waals surface area contributed by atoms with Crippen molar-refractivity contribution in [2.24, 2.45) is 0 Å². The molecule has 6 heteroatoms. The molecule has 1 unspecified atom stereocenters. The van der Waals surface area contributed by atoms with E-state index in [1.54, 1.807) is 12.1 Å². The number of nitriles is 1. The van der Waals surface area contributed by atoms with Crippen LogP contribution in [0.4, 0.5) is 0 Å². The van der Waals surface area contributed by atoms with E-state index in [4.69, 9.17) is 16.9 Å². The maximum Gasteiger partial charge on any atom is 0.241 e. The summed E-state index contributed by atoms with van der Waals surface area (Å²) < 4.78 is 0. The summed E-state index contributed by atoms with van der Waals surface area (Å²) in [5.41, 5.74) is 2.66. The van der Waals surface area contributed by atoms with Crippen LogP contribution < -0.4 is 5.32 Å². The summed E-state index contributed by atoms with van der Waals surface area (Å²) in [4.78, 5) is 17.6. The Balaban J connectivity index is 1.68. The molecule has 0 radical (unpaired) electrons. The molecule has 146 valence electrons. The summed E-state index contributed by atoms with van der Waals surface area (Å²) in [5.74, 6) is 0.00299. The molecule has 5 nitrogen and oxygen atoms in total. The number of nitrogens with one attached hydrogen (secondary N) is 1. The first-order valence-corrected chi connectivity index (χ1v) is 9.89. The summed E-state index contributed by atoms with van der Waals surface area (Å²) in [6, 6.07) is 16.8. The first-order valence-electron chi connectivity index (χ1n) is 9.51. The highest BCUT2D eigenvalue weighted by Gasteiger charge is 2.29. The highest BCUT2D eigenvalue weighted by Crippen LogP contribution is 2.23. The average Bonchev–Trinajstić information content (AvgIpc) is 2.72. The van der Waals surface area contributed by atoms with Crippen LogP contribution in [-0.2, 0) is 11.2 Å². The van der Waals surface area contributed by atoms with Gasteiger partial charge >= 0.3 is 0 Å². The number of carbonyl (C=O) groups excluding carboxylic acids is 1. The molecular formula is C22H25ClN4O. The summed E-state index contributed by atoms with van der Waals surface area (Å²) in [6.07, 6.45) is 0.756. The molecule has 0 bridgehead atoms. The minimum atomic E-state index is -0.341. The number of hydrogen-bond donors (Lipinski definition) is 1. The molecule has 1 saturated heterocycles. The maximum absolute atomic E-state index is 13.1. The Hall–Kier alpha value is -2.39. The third-order valence-electron chi connectivity index (χ3n) is 5.13. The fourth-order valence-electron chi connectivity index (χ4n) is 3.43. The number of nitrogens with zero attached hydrogens (tertiary/aromatic N) is 3. The zero-order valence-electron chi connectivity index (χ0n) is 16.1. The van der Waals surface area contributed by atoms with E-state index in [1.165, 1.54) is 0 Å². The van der Waals surface area contributed by atoms with Crippen LogP contribution in [0.25, 0.3) is 0 Å². The van der Waals surface area contributed by atoms with Crippen LogP contribution in [0.3, 0.4) is 0 Å². The van der Waals surface area contributed by atoms with Gasteiger partial charge in [0.15, 0.2) is 0 Å². The van der Waals surface area contributed by atoms with E-state index in [0.717, 1.165) is 43.7 Å². The Bertz CT molecular complexity index is 821. The number of halogens is 1. The number of amides is 1. The standard InChI is InChI=1S/C22H25ClN4O/c1-26-12-14-27(15-13-26)21(19-6-2-18(16-24)3-7-19)22(28)25-11-10-17-4-8-20(23)9-5-17/h2-9,21H,10-15H2,1H3,(H,25,28). The second-order valence-corrected chi connectivity index (χ2v) is 7.58. The predicted molar refractivity (Wildman–Crippen MR) is 111 cm³/mol. The Labute approximate surface area is 171 Å². The van der Waals surface area contributed by atoms with Gasteiger partial charge in [0.2, 0.25) is 5.91 Å². The van der Waals surface area contributed by atoms with Crippen LogP contribution in [0.1, 0.15) is 22.7 Å². The Kier molecular flexibility index (Phi) is 7.05. The molecule has 1 heterocycles. The lowest BCUT2D eigenvalue weighted by molar-refractivity contribution is -0.127. The minimum Gasteiger partial charge on any atom is -0.354 e. The van der Waals surface area contributed by atoms with Gasteiger partial charge in [-0.25, -0.2) is 0 Å². The lowest BCUT2D eigenvalue weighted by Gasteiger charge is -2.37. The number of likely N-dealkylation sites (N-methyl/N-ethyl adjacent to an activating group) is 1. The van der Waals surface area contributed by atoms with E-state index in [1.807, 2.05) is 36.4 Å². The highest BCUT2D eigenvalue weighted by atomic mass is 35.5. The number of carbonyl (C=O) groups is 1. The zero-order valence-corrected chi connectivity index (χ0v) is 16.8. The quantitative estimate of drug-likeness (QED) is 0.815. The largest absolute Gasteiger partial charge is 0.354 e. The van der Waals surface area contributed by atoms with Crippen molar-refractivity contribution in [1.29, 1.82) is 5.26 Å². The minimum absolute atomic E-state index is 0.00299. The van der Waals surface area contributed by atoms with E-state index >= 15 is 0 Å². The average molecular weight is 397 g/mol. The molecule has 1 atom stereocenters. The summed E-state index contributed by atoms with van der Waals surface area (Å²) in [7, 11) is 2.10. The van der Waals surface area contributed by atoms with Gasteiger partial charge in [-0.3, -0.25) is 9.69 Å². The summed E-state index contributed by atoms with van der Waals surface area (Å²) >= 11 is 5.92. The molecule has 0 aromatic heterocycles. The van der Waals surface area contributed by atoms with Crippen molar-refractivity contribution in [1.82, 2.24) is 15.1 Å². The topological polar surface area (TPSA) is 59.4 Å². The van der Waals surface area contributed by atoms with Gasteiger partial charge in [0.25, 0.3) is 0 Å². The summed E-state index contributed by atoms with van der Waals surface area (Å²) in [5, 5.41) is 12.8. The molecular weight excluding hydrogens is 372 g/mol. The molecule has 1 N–H and O–H groups in total. The van der Waals surface area contributed by atoms with Gasteiger partial charge < -0.3 is 10.2 Å². The van der Waals surface area contributed by atoms with Crippen molar-refractivity contribution >= 4 is 17.5 Å². The first-order chi connectivity index (χ1) is 13.6. The smallest absolute Gasteiger partial charge is 0.241 e. The van der Waals surface area contributed by atoms with Crippen molar-refractivity contribution in [3.8, 4) is 6.07 Å². The van der Waals surface area contributed by atoms with Crippen LogP contribution in [0.15, 0.2) is 48.5 Å². The van der Waals surface area contributed by atoms with Gasteiger partial charge in [-0.05, 0) is 48.9 Å². The molecule has 28 heavy (non-hydrogen) atoms. The van der Waals surface area contributed by atoms with E-state index < -0.39 is 0 Å².